The van der Waals surface area contributed by atoms with Crippen LogP contribution < -0.4 is 0 Å². The van der Waals surface area contributed by atoms with E-state index in [9.17, 15) is 0 Å². The molecule has 0 spiro atoms. The molecule has 0 fully saturated rings. The lowest BCUT2D eigenvalue weighted by molar-refractivity contribution is 0.371. The lowest BCUT2D eigenvalue weighted by Crippen LogP contribution is -2.06. The van der Waals surface area contributed by atoms with Crippen LogP contribution in [0.25, 0.3) is 22.7 Å². The minimum absolute atomic E-state index is 0.453. The molecule has 0 aliphatic rings. The summed E-state index contributed by atoms with van der Waals surface area (Å²) in [6.07, 6.45) is 0.729. The van der Waals surface area contributed by atoms with Crippen molar-refractivity contribution in [2.24, 2.45) is 0 Å². The van der Waals surface area contributed by atoms with E-state index in [4.69, 9.17) is 9.51 Å². The van der Waals surface area contributed by atoms with Crippen molar-refractivity contribution < 1.29 is 4.52 Å². The molecule has 0 radical (unpaired) electrons. The number of nitrogens with one attached hydrogen (secondary N) is 1. The van der Waals surface area contributed by atoms with E-state index < -0.39 is 0 Å². The topological polar surface area (TPSA) is 85.4 Å². The molecule has 0 saturated heterocycles. The number of H-pyrrole nitrogens is 1. The molecule has 29 heavy (non-hydrogen) atoms. The standard InChI is InChI=1S/C22H20N6O/c1-14-15(2)24-21(23-14)22-26-20(29-27-22)13-28-18-11-7-6-10-17(18)25-19(28)12-16-8-4-3-5-9-16/h3-11H,12-13H2,1-2H3,(H,23,24). The van der Waals surface area contributed by atoms with Crippen molar-refractivity contribution in [2.45, 2.75) is 26.8 Å². The molecule has 0 amide bonds. The van der Waals surface area contributed by atoms with E-state index in [0.29, 0.717) is 24.1 Å². The summed E-state index contributed by atoms with van der Waals surface area (Å²) >= 11 is 0. The second-order valence-electron chi connectivity index (χ2n) is 7.07. The van der Waals surface area contributed by atoms with Crippen LogP contribution in [0.4, 0.5) is 0 Å². The molecule has 1 N–H and O–H groups in total. The number of rotatable bonds is 5. The normalized spacial score (nSPS) is 11.4. The number of benzene rings is 2. The first-order chi connectivity index (χ1) is 14.2. The third-order valence-electron chi connectivity index (χ3n) is 5.04. The quantitative estimate of drug-likeness (QED) is 0.494. The summed E-state index contributed by atoms with van der Waals surface area (Å²) in [4.78, 5) is 17.0. The fraction of sp³-hybridized carbons (Fsp3) is 0.182. The molecule has 3 heterocycles. The number of hydrogen-bond donors (Lipinski definition) is 1. The number of hydrogen-bond acceptors (Lipinski definition) is 5. The van der Waals surface area contributed by atoms with Gasteiger partial charge in [0, 0.05) is 12.1 Å². The van der Waals surface area contributed by atoms with Crippen molar-refractivity contribution in [3.63, 3.8) is 0 Å². The number of aromatic amines is 1. The zero-order valence-electron chi connectivity index (χ0n) is 16.3. The molecule has 0 unspecified atom stereocenters. The first-order valence-electron chi connectivity index (χ1n) is 9.51. The van der Waals surface area contributed by atoms with E-state index in [1.165, 1.54) is 5.56 Å². The summed E-state index contributed by atoms with van der Waals surface area (Å²) in [6.45, 7) is 4.37. The lowest BCUT2D eigenvalue weighted by atomic mass is 10.1. The predicted molar refractivity (Wildman–Crippen MR) is 109 cm³/mol. The Kier molecular flexibility index (Phi) is 4.20. The van der Waals surface area contributed by atoms with E-state index >= 15 is 0 Å². The second kappa shape index (κ2) is 7.01. The van der Waals surface area contributed by atoms with Crippen molar-refractivity contribution in [3.05, 3.63) is 83.3 Å². The van der Waals surface area contributed by atoms with Gasteiger partial charge in [-0.3, -0.25) is 0 Å². The van der Waals surface area contributed by atoms with Gasteiger partial charge in [-0.15, -0.1) is 0 Å². The maximum atomic E-state index is 5.53. The Bertz CT molecular complexity index is 1260. The van der Waals surface area contributed by atoms with Gasteiger partial charge in [0.1, 0.15) is 12.4 Å². The summed E-state index contributed by atoms with van der Waals surface area (Å²) in [5.74, 6) is 2.56. The Hall–Kier alpha value is -3.74. The fourth-order valence-corrected chi connectivity index (χ4v) is 3.42. The minimum Gasteiger partial charge on any atom is -0.339 e. The van der Waals surface area contributed by atoms with E-state index in [0.717, 1.165) is 34.7 Å². The van der Waals surface area contributed by atoms with Gasteiger partial charge in [0.05, 0.1) is 16.7 Å². The molecule has 5 rings (SSSR count). The van der Waals surface area contributed by atoms with Gasteiger partial charge in [0.15, 0.2) is 5.82 Å². The van der Waals surface area contributed by atoms with Crippen LogP contribution in [0, 0.1) is 13.8 Å². The van der Waals surface area contributed by atoms with Crippen LogP contribution in [0.15, 0.2) is 59.1 Å². The van der Waals surface area contributed by atoms with Crippen LogP contribution in [0.5, 0.6) is 0 Å². The molecule has 0 atom stereocenters. The van der Waals surface area contributed by atoms with Crippen LogP contribution in [0.3, 0.4) is 0 Å². The van der Waals surface area contributed by atoms with Crippen LogP contribution in [-0.2, 0) is 13.0 Å². The Morgan fingerprint density at radius 1 is 0.931 bits per heavy atom. The average Bonchev–Trinajstić information content (AvgIpc) is 3.42. The van der Waals surface area contributed by atoms with Crippen molar-refractivity contribution in [2.75, 3.05) is 0 Å². The van der Waals surface area contributed by atoms with Gasteiger partial charge in [0.25, 0.3) is 0 Å². The number of imidazole rings is 2. The monoisotopic (exact) mass is 384 g/mol. The van der Waals surface area contributed by atoms with Gasteiger partial charge in [0.2, 0.25) is 11.7 Å². The first-order valence-corrected chi connectivity index (χ1v) is 9.51. The smallest absolute Gasteiger partial charge is 0.247 e. The lowest BCUT2D eigenvalue weighted by Gasteiger charge is -2.06. The summed E-state index contributed by atoms with van der Waals surface area (Å²) < 4.78 is 7.66. The van der Waals surface area contributed by atoms with Crippen LogP contribution in [0.2, 0.25) is 0 Å². The van der Waals surface area contributed by atoms with Crippen molar-refractivity contribution >= 4 is 11.0 Å². The molecule has 144 valence electrons. The average molecular weight is 384 g/mol. The molecule has 0 saturated carbocycles. The van der Waals surface area contributed by atoms with Gasteiger partial charge in [-0.1, -0.05) is 47.6 Å². The van der Waals surface area contributed by atoms with Crippen molar-refractivity contribution in [3.8, 4) is 11.6 Å². The zero-order chi connectivity index (χ0) is 19.8. The Balaban J connectivity index is 1.50. The molecule has 0 aliphatic carbocycles. The molecule has 0 bridgehead atoms. The molecule has 7 heteroatoms. The predicted octanol–water partition coefficient (Wildman–Crippen LogP) is 4.07. The molecular weight excluding hydrogens is 364 g/mol. The number of nitrogens with zero attached hydrogens (tertiary/aromatic N) is 5. The van der Waals surface area contributed by atoms with Gasteiger partial charge in [-0.2, -0.15) is 4.98 Å². The number of para-hydroxylation sites is 2. The SMILES string of the molecule is Cc1nc(-c2noc(Cn3c(Cc4ccccc4)nc4ccccc43)n2)[nH]c1C. The third kappa shape index (κ3) is 3.31. The molecule has 2 aromatic carbocycles. The van der Waals surface area contributed by atoms with Gasteiger partial charge in [-0.05, 0) is 31.5 Å². The highest BCUT2D eigenvalue weighted by atomic mass is 16.5. The molecule has 3 aromatic heterocycles. The molecule has 7 nitrogen and oxygen atoms in total. The van der Waals surface area contributed by atoms with E-state index in [1.807, 2.05) is 50.2 Å². The maximum absolute atomic E-state index is 5.53. The van der Waals surface area contributed by atoms with Gasteiger partial charge >= 0.3 is 0 Å². The highest BCUT2D eigenvalue weighted by molar-refractivity contribution is 5.76. The summed E-state index contributed by atoms with van der Waals surface area (Å²) in [6, 6.07) is 18.4. The highest BCUT2D eigenvalue weighted by Crippen LogP contribution is 2.21. The number of aromatic nitrogens is 6. The third-order valence-corrected chi connectivity index (χ3v) is 5.04. The zero-order valence-corrected chi connectivity index (χ0v) is 16.3. The summed E-state index contributed by atoms with van der Waals surface area (Å²) in [7, 11) is 0. The molecule has 0 aliphatic heterocycles. The highest BCUT2D eigenvalue weighted by Gasteiger charge is 2.17. The van der Waals surface area contributed by atoms with Crippen molar-refractivity contribution in [1.29, 1.82) is 0 Å². The van der Waals surface area contributed by atoms with E-state index in [2.05, 4.69) is 42.9 Å². The van der Waals surface area contributed by atoms with E-state index in [-0.39, 0.29) is 0 Å². The second-order valence-corrected chi connectivity index (χ2v) is 7.07. The molecule has 5 aromatic rings. The minimum atomic E-state index is 0.453. The van der Waals surface area contributed by atoms with Crippen LogP contribution in [0.1, 0.15) is 28.7 Å². The first kappa shape index (κ1) is 17.4. The fourth-order valence-electron chi connectivity index (χ4n) is 3.42. The largest absolute Gasteiger partial charge is 0.339 e. The maximum Gasteiger partial charge on any atom is 0.247 e. The Morgan fingerprint density at radius 3 is 2.52 bits per heavy atom. The van der Waals surface area contributed by atoms with Crippen molar-refractivity contribution in [1.82, 2.24) is 29.7 Å². The number of aryl methyl sites for hydroxylation is 2. The molecular formula is C22H20N6O. The van der Waals surface area contributed by atoms with Gasteiger partial charge < -0.3 is 14.1 Å². The van der Waals surface area contributed by atoms with E-state index in [1.54, 1.807) is 0 Å². The van der Waals surface area contributed by atoms with Gasteiger partial charge in [-0.25, -0.2) is 9.97 Å². The number of fused-ring (bicyclic) bond motifs is 1. The Morgan fingerprint density at radius 2 is 1.72 bits per heavy atom. The summed E-state index contributed by atoms with van der Waals surface area (Å²) in [5.41, 5.74) is 5.13. The Labute approximate surface area is 167 Å². The van der Waals surface area contributed by atoms with Crippen LogP contribution in [-0.4, -0.2) is 29.7 Å². The summed E-state index contributed by atoms with van der Waals surface area (Å²) in [5, 5.41) is 4.10. The van der Waals surface area contributed by atoms with Crippen LogP contribution >= 0.6 is 0 Å².